The van der Waals surface area contributed by atoms with Crippen molar-refractivity contribution in [3.05, 3.63) is 238 Å². The summed E-state index contributed by atoms with van der Waals surface area (Å²) in [5.41, 5.74) is 4.31. The van der Waals surface area contributed by atoms with Gasteiger partial charge in [0.1, 0.15) is 0 Å². The number of hydrogen-bond acceptors (Lipinski definition) is 2. The zero-order valence-electron chi connectivity index (χ0n) is 32.8. The molecule has 0 atom stereocenters. The minimum absolute atomic E-state index is 0.0578. The van der Waals surface area contributed by atoms with Gasteiger partial charge in [0.25, 0.3) is 11.1 Å². The Labute approximate surface area is 345 Å². The first kappa shape index (κ1) is 35.4. The number of pyridine rings is 2. The van der Waals surface area contributed by atoms with Crippen LogP contribution >= 0.6 is 0 Å². The van der Waals surface area contributed by atoms with Gasteiger partial charge in [0.05, 0.1) is 24.1 Å². The Morgan fingerprint density at radius 2 is 0.567 bits per heavy atom. The lowest BCUT2D eigenvalue weighted by Gasteiger charge is -2.16. The van der Waals surface area contributed by atoms with Crippen LogP contribution in [-0.4, -0.2) is 9.13 Å². The van der Waals surface area contributed by atoms with Crippen LogP contribution in [0.25, 0.3) is 86.4 Å². The highest BCUT2D eigenvalue weighted by atomic mass is 16.1. The molecule has 2 heterocycles. The van der Waals surface area contributed by atoms with E-state index in [1.165, 1.54) is 21.5 Å². The van der Waals surface area contributed by atoms with Crippen LogP contribution in [0.1, 0.15) is 11.1 Å². The van der Waals surface area contributed by atoms with Crippen molar-refractivity contribution in [2.45, 2.75) is 13.1 Å². The van der Waals surface area contributed by atoms with Crippen LogP contribution in [0, 0.1) is 0 Å². The Hall–Kier alpha value is -7.82. The van der Waals surface area contributed by atoms with E-state index in [0.717, 1.165) is 76.0 Å². The van der Waals surface area contributed by atoms with Crippen molar-refractivity contribution in [1.29, 1.82) is 0 Å². The Balaban J connectivity index is 0.000000136. The monoisotopic (exact) mass is 770 g/mol. The van der Waals surface area contributed by atoms with Gasteiger partial charge in [-0.3, -0.25) is 9.59 Å². The summed E-state index contributed by atoms with van der Waals surface area (Å²) in [4.78, 5) is 27.4. The largest absolute Gasteiger partial charge is 0.303 e. The van der Waals surface area contributed by atoms with Gasteiger partial charge in [-0.2, -0.15) is 0 Å². The Morgan fingerprint density at radius 3 is 0.933 bits per heavy atom. The van der Waals surface area contributed by atoms with E-state index < -0.39 is 0 Å². The molecule has 0 radical (unpaired) electrons. The summed E-state index contributed by atoms with van der Waals surface area (Å²) in [6.07, 6.45) is 0. The minimum Gasteiger partial charge on any atom is -0.303 e. The molecule has 0 bridgehead atoms. The van der Waals surface area contributed by atoms with Crippen molar-refractivity contribution in [3.8, 4) is 0 Å². The van der Waals surface area contributed by atoms with Crippen molar-refractivity contribution in [3.63, 3.8) is 0 Å². The highest BCUT2D eigenvalue weighted by Gasteiger charge is 2.18. The molecule has 0 fully saturated rings. The first-order valence-corrected chi connectivity index (χ1v) is 20.4. The van der Waals surface area contributed by atoms with Crippen molar-refractivity contribution in [2.24, 2.45) is 0 Å². The molecule has 0 saturated heterocycles. The van der Waals surface area contributed by atoms with Gasteiger partial charge in [-0.05, 0) is 78.5 Å². The Morgan fingerprint density at radius 1 is 0.267 bits per heavy atom. The van der Waals surface area contributed by atoms with Crippen LogP contribution in [0.2, 0.25) is 0 Å². The third kappa shape index (κ3) is 5.84. The van der Waals surface area contributed by atoms with E-state index in [0.29, 0.717) is 13.1 Å². The first-order valence-electron chi connectivity index (χ1n) is 20.4. The fraction of sp³-hybridized carbons (Fsp3) is 0.0357. The third-order valence-electron chi connectivity index (χ3n) is 12.1. The fourth-order valence-electron chi connectivity index (χ4n) is 9.29. The van der Waals surface area contributed by atoms with E-state index >= 15 is 0 Å². The van der Waals surface area contributed by atoms with Crippen LogP contribution in [0.5, 0.6) is 0 Å². The van der Waals surface area contributed by atoms with E-state index in [2.05, 4.69) is 133 Å². The van der Waals surface area contributed by atoms with E-state index in [1.54, 1.807) is 0 Å². The number of fused-ring (bicyclic) bond motifs is 14. The highest BCUT2D eigenvalue weighted by Crippen LogP contribution is 2.37. The molecule has 0 saturated carbocycles. The Kier molecular flexibility index (Phi) is 8.56. The quantitative estimate of drug-likeness (QED) is 0.167. The van der Waals surface area contributed by atoms with Crippen LogP contribution < -0.4 is 11.1 Å². The number of hydrogen-bond donors (Lipinski definition) is 0. The van der Waals surface area contributed by atoms with Crippen LogP contribution in [0.15, 0.2) is 216 Å². The fourth-order valence-corrected chi connectivity index (χ4v) is 9.29. The van der Waals surface area contributed by atoms with Crippen LogP contribution in [-0.2, 0) is 13.1 Å². The predicted octanol–water partition coefficient (Wildman–Crippen LogP) is 13.0. The van der Waals surface area contributed by atoms with Gasteiger partial charge in [0, 0.05) is 32.3 Å². The standard InChI is InChI=1S/2C28H19NO/c2*30-28-24-16-14-20-10-4-6-12-22(20)26(24)27-23-13-7-5-11-21(23)15-17-25(27)29(28)18-19-8-2-1-3-9-19/h2*1-17H,18H2. The molecular weight excluding hydrogens is 733 g/mol. The summed E-state index contributed by atoms with van der Waals surface area (Å²) >= 11 is 0. The molecule has 12 aromatic rings. The molecule has 12 rings (SSSR count). The molecular formula is C56H38N2O2. The lowest BCUT2D eigenvalue weighted by atomic mass is 9.95. The summed E-state index contributed by atoms with van der Waals surface area (Å²) in [7, 11) is 0. The molecule has 0 spiro atoms. The lowest BCUT2D eigenvalue weighted by Crippen LogP contribution is -2.21. The minimum atomic E-state index is 0.0578. The molecule has 0 aliphatic carbocycles. The maximum atomic E-state index is 13.7. The van der Waals surface area contributed by atoms with E-state index in [1.807, 2.05) is 81.9 Å². The number of aromatic nitrogens is 2. The second kappa shape index (κ2) is 14.5. The van der Waals surface area contributed by atoms with Crippen molar-refractivity contribution in [1.82, 2.24) is 9.13 Å². The van der Waals surface area contributed by atoms with Gasteiger partial charge in [0.2, 0.25) is 0 Å². The van der Waals surface area contributed by atoms with Crippen molar-refractivity contribution >= 4 is 86.4 Å². The predicted molar refractivity (Wildman–Crippen MR) is 253 cm³/mol. The molecule has 284 valence electrons. The van der Waals surface area contributed by atoms with E-state index in [-0.39, 0.29) is 11.1 Å². The molecule has 4 nitrogen and oxygen atoms in total. The van der Waals surface area contributed by atoms with Crippen LogP contribution in [0.3, 0.4) is 0 Å². The number of nitrogens with zero attached hydrogens (tertiary/aromatic N) is 2. The van der Waals surface area contributed by atoms with Gasteiger partial charge < -0.3 is 9.13 Å². The van der Waals surface area contributed by atoms with Gasteiger partial charge >= 0.3 is 0 Å². The second-order valence-corrected chi connectivity index (χ2v) is 15.5. The summed E-state index contributed by atoms with van der Waals surface area (Å²) in [5, 5.41) is 15.2. The second-order valence-electron chi connectivity index (χ2n) is 15.5. The molecule has 0 aliphatic heterocycles. The molecule has 2 aromatic heterocycles. The van der Waals surface area contributed by atoms with Gasteiger partial charge in [-0.15, -0.1) is 0 Å². The molecule has 0 unspecified atom stereocenters. The maximum absolute atomic E-state index is 13.7. The number of rotatable bonds is 4. The topological polar surface area (TPSA) is 44.0 Å². The van der Waals surface area contributed by atoms with Gasteiger partial charge in [-0.1, -0.05) is 182 Å². The van der Waals surface area contributed by atoms with Gasteiger partial charge in [0.15, 0.2) is 0 Å². The summed E-state index contributed by atoms with van der Waals surface area (Å²) < 4.78 is 3.85. The summed E-state index contributed by atoms with van der Waals surface area (Å²) in [6.45, 7) is 1.11. The molecule has 10 aromatic carbocycles. The van der Waals surface area contributed by atoms with Crippen LogP contribution in [0.4, 0.5) is 0 Å². The number of benzene rings is 10. The Bertz CT molecular complexity index is 3510. The zero-order chi connectivity index (χ0) is 40.2. The average Bonchev–Trinajstić information content (AvgIpc) is 3.31. The van der Waals surface area contributed by atoms with Crippen molar-refractivity contribution < 1.29 is 0 Å². The normalized spacial score (nSPS) is 11.6. The SMILES string of the molecule is O=c1c2ccc3ccccc3c2c2c3ccccc3ccc2n1Cc1ccccc1.O=c1c2ccc3ccccc3c2c2c3ccccc3ccc2n1Cc1ccccc1. The third-order valence-corrected chi connectivity index (χ3v) is 12.1. The smallest absolute Gasteiger partial charge is 0.259 e. The lowest BCUT2D eigenvalue weighted by molar-refractivity contribution is 0.803. The highest BCUT2D eigenvalue weighted by molar-refractivity contribution is 6.27. The maximum Gasteiger partial charge on any atom is 0.259 e. The summed E-state index contributed by atoms with van der Waals surface area (Å²) in [5.74, 6) is 0. The summed E-state index contributed by atoms with van der Waals surface area (Å²) in [6, 6.07) is 70.5. The molecule has 0 amide bonds. The molecule has 4 heteroatoms. The first-order chi connectivity index (χ1) is 29.6. The molecule has 60 heavy (non-hydrogen) atoms. The van der Waals surface area contributed by atoms with E-state index in [9.17, 15) is 9.59 Å². The average molecular weight is 771 g/mol. The van der Waals surface area contributed by atoms with E-state index in [4.69, 9.17) is 0 Å². The molecule has 0 N–H and O–H groups in total. The van der Waals surface area contributed by atoms with Gasteiger partial charge in [-0.25, -0.2) is 0 Å². The molecule has 0 aliphatic rings. The zero-order valence-corrected chi connectivity index (χ0v) is 32.8. The van der Waals surface area contributed by atoms with Crippen molar-refractivity contribution in [2.75, 3.05) is 0 Å².